The molecule has 0 radical (unpaired) electrons. The normalized spacial score (nSPS) is 11.5. The molecule has 0 atom stereocenters. The van der Waals surface area contributed by atoms with E-state index in [0.29, 0.717) is 11.0 Å². The topological polar surface area (TPSA) is 54.5 Å². The Morgan fingerprint density at radius 1 is 1.14 bits per heavy atom. The summed E-state index contributed by atoms with van der Waals surface area (Å²) in [6.45, 7) is -0.106. The summed E-state index contributed by atoms with van der Waals surface area (Å²) in [5.41, 5.74) is -0.105. The van der Waals surface area contributed by atoms with E-state index < -0.39 is 11.7 Å². The third-order valence-electron chi connectivity index (χ3n) is 3.26. The maximum absolute atomic E-state index is 13.0. The van der Waals surface area contributed by atoms with Crippen LogP contribution in [0.4, 0.5) is 13.2 Å². The lowest BCUT2D eigenvalue weighted by Gasteiger charge is -2.12. The molecule has 2 aromatic heterocycles. The highest BCUT2D eigenvalue weighted by molar-refractivity contribution is 5.80. The van der Waals surface area contributed by atoms with Crippen LogP contribution in [-0.4, -0.2) is 14.8 Å². The van der Waals surface area contributed by atoms with Crippen molar-refractivity contribution in [1.82, 2.24) is 14.8 Å². The molecule has 0 aliphatic rings. The van der Waals surface area contributed by atoms with Gasteiger partial charge in [-0.1, -0.05) is 18.2 Å². The minimum atomic E-state index is -4.44. The van der Waals surface area contributed by atoms with Crippen LogP contribution in [0, 0.1) is 11.3 Å². The summed E-state index contributed by atoms with van der Waals surface area (Å²) in [5.74, 6) is 0. The standard InChI is InChI=1S/C15H9F3N4/c16-15(17,18)12-6-2-1-4-10(12)9-22-14-11(5-3-7-20-14)13(8-19)21-22/h1-7H,9H2. The van der Waals surface area contributed by atoms with Crippen molar-refractivity contribution in [1.29, 1.82) is 5.26 Å². The van der Waals surface area contributed by atoms with Gasteiger partial charge in [0.05, 0.1) is 17.5 Å². The Morgan fingerprint density at radius 2 is 1.91 bits per heavy atom. The van der Waals surface area contributed by atoms with Gasteiger partial charge in [-0.2, -0.15) is 23.5 Å². The smallest absolute Gasteiger partial charge is 0.241 e. The number of hydrogen-bond acceptors (Lipinski definition) is 3. The molecular formula is C15H9F3N4. The first kappa shape index (κ1) is 14.1. The van der Waals surface area contributed by atoms with Crippen LogP contribution in [-0.2, 0) is 12.7 Å². The van der Waals surface area contributed by atoms with E-state index in [9.17, 15) is 13.2 Å². The predicted molar refractivity (Wildman–Crippen MR) is 72.8 cm³/mol. The van der Waals surface area contributed by atoms with Gasteiger partial charge in [0.2, 0.25) is 0 Å². The molecule has 0 saturated heterocycles. The first-order chi connectivity index (χ1) is 10.5. The van der Waals surface area contributed by atoms with Crippen molar-refractivity contribution in [3.05, 3.63) is 59.4 Å². The molecule has 0 N–H and O–H groups in total. The van der Waals surface area contributed by atoms with Gasteiger partial charge in [-0.3, -0.25) is 0 Å². The molecule has 7 heteroatoms. The first-order valence-electron chi connectivity index (χ1n) is 6.37. The molecule has 3 aromatic rings. The minimum Gasteiger partial charge on any atom is -0.241 e. The molecule has 0 saturated carbocycles. The number of fused-ring (bicyclic) bond motifs is 1. The van der Waals surface area contributed by atoms with Crippen LogP contribution in [0.1, 0.15) is 16.8 Å². The largest absolute Gasteiger partial charge is 0.416 e. The number of rotatable bonds is 2. The SMILES string of the molecule is N#Cc1nn(Cc2ccccc2C(F)(F)F)c2ncccc12. The number of pyridine rings is 1. The summed E-state index contributed by atoms with van der Waals surface area (Å²) in [6, 6.07) is 10.5. The van der Waals surface area contributed by atoms with Crippen LogP contribution in [0.3, 0.4) is 0 Å². The van der Waals surface area contributed by atoms with Crippen LogP contribution in [0.25, 0.3) is 11.0 Å². The number of nitriles is 1. The van der Waals surface area contributed by atoms with Crippen LogP contribution in [0.15, 0.2) is 42.6 Å². The van der Waals surface area contributed by atoms with Gasteiger partial charge in [-0.05, 0) is 23.8 Å². The number of aromatic nitrogens is 3. The molecule has 0 aliphatic heterocycles. The maximum Gasteiger partial charge on any atom is 0.416 e. The van der Waals surface area contributed by atoms with E-state index in [1.807, 2.05) is 6.07 Å². The Kier molecular flexibility index (Phi) is 3.29. The summed E-state index contributed by atoms with van der Waals surface area (Å²) in [4.78, 5) is 4.11. The van der Waals surface area contributed by atoms with Crippen LogP contribution in [0.2, 0.25) is 0 Å². The summed E-state index contributed by atoms with van der Waals surface area (Å²) < 4.78 is 40.4. The molecular weight excluding hydrogens is 293 g/mol. The van der Waals surface area contributed by atoms with E-state index in [1.54, 1.807) is 12.1 Å². The second-order valence-corrected chi connectivity index (χ2v) is 4.65. The van der Waals surface area contributed by atoms with Gasteiger partial charge in [0, 0.05) is 6.20 Å². The van der Waals surface area contributed by atoms with Crippen molar-refractivity contribution in [3.8, 4) is 6.07 Å². The van der Waals surface area contributed by atoms with Crippen LogP contribution in [0.5, 0.6) is 0 Å². The van der Waals surface area contributed by atoms with E-state index in [1.165, 1.54) is 29.1 Å². The molecule has 2 heterocycles. The molecule has 110 valence electrons. The molecule has 0 aliphatic carbocycles. The van der Waals surface area contributed by atoms with Crippen molar-refractivity contribution in [3.63, 3.8) is 0 Å². The minimum absolute atomic E-state index is 0.0783. The number of nitrogens with zero attached hydrogens (tertiary/aromatic N) is 4. The molecule has 0 spiro atoms. The molecule has 4 nitrogen and oxygen atoms in total. The zero-order valence-electron chi connectivity index (χ0n) is 11.2. The van der Waals surface area contributed by atoms with Crippen molar-refractivity contribution in [2.45, 2.75) is 12.7 Å². The van der Waals surface area contributed by atoms with Crippen LogP contribution >= 0.6 is 0 Å². The van der Waals surface area contributed by atoms with Crippen molar-refractivity contribution in [2.24, 2.45) is 0 Å². The van der Waals surface area contributed by atoms with Gasteiger partial charge in [0.25, 0.3) is 0 Å². The van der Waals surface area contributed by atoms with Gasteiger partial charge in [-0.25, -0.2) is 9.67 Å². The Hall–Kier alpha value is -2.88. The Bertz CT molecular complexity index is 874. The third kappa shape index (κ3) is 2.39. The van der Waals surface area contributed by atoms with Crippen molar-refractivity contribution >= 4 is 11.0 Å². The second kappa shape index (κ2) is 5.15. The van der Waals surface area contributed by atoms with Gasteiger partial charge in [0.1, 0.15) is 6.07 Å². The molecule has 3 rings (SSSR count). The lowest BCUT2D eigenvalue weighted by molar-refractivity contribution is -0.138. The summed E-state index contributed by atoms with van der Waals surface area (Å²) in [5, 5.41) is 13.6. The zero-order chi connectivity index (χ0) is 15.7. The molecule has 22 heavy (non-hydrogen) atoms. The lowest BCUT2D eigenvalue weighted by atomic mass is 10.1. The van der Waals surface area contributed by atoms with Gasteiger partial charge < -0.3 is 0 Å². The van der Waals surface area contributed by atoms with Gasteiger partial charge >= 0.3 is 6.18 Å². The number of benzene rings is 1. The van der Waals surface area contributed by atoms with Crippen molar-refractivity contribution in [2.75, 3.05) is 0 Å². The van der Waals surface area contributed by atoms with Gasteiger partial charge in [0.15, 0.2) is 11.3 Å². The van der Waals surface area contributed by atoms with Crippen LogP contribution < -0.4 is 0 Å². The Morgan fingerprint density at radius 3 is 2.64 bits per heavy atom. The van der Waals surface area contributed by atoms with E-state index in [-0.39, 0.29) is 17.8 Å². The van der Waals surface area contributed by atoms with Gasteiger partial charge in [-0.15, -0.1) is 0 Å². The second-order valence-electron chi connectivity index (χ2n) is 4.65. The Labute approximate surface area is 123 Å². The highest BCUT2D eigenvalue weighted by Crippen LogP contribution is 2.32. The molecule has 0 bridgehead atoms. The van der Waals surface area contributed by atoms with E-state index in [4.69, 9.17) is 5.26 Å². The highest BCUT2D eigenvalue weighted by atomic mass is 19.4. The quantitative estimate of drug-likeness (QED) is 0.729. The number of alkyl halides is 3. The summed E-state index contributed by atoms with van der Waals surface area (Å²) >= 11 is 0. The number of halogens is 3. The lowest BCUT2D eigenvalue weighted by Crippen LogP contribution is -2.12. The third-order valence-corrected chi connectivity index (χ3v) is 3.26. The average molecular weight is 302 g/mol. The fraction of sp³-hybridized carbons (Fsp3) is 0.133. The molecule has 0 unspecified atom stereocenters. The maximum atomic E-state index is 13.0. The van der Waals surface area contributed by atoms with E-state index in [0.717, 1.165) is 6.07 Å². The van der Waals surface area contributed by atoms with Crippen molar-refractivity contribution < 1.29 is 13.2 Å². The Balaban J connectivity index is 2.11. The highest BCUT2D eigenvalue weighted by Gasteiger charge is 2.33. The molecule has 0 amide bonds. The van der Waals surface area contributed by atoms with E-state index >= 15 is 0 Å². The average Bonchev–Trinajstić information content (AvgIpc) is 2.85. The first-order valence-corrected chi connectivity index (χ1v) is 6.37. The zero-order valence-corrected chi connectivity index (χ0v) is 11.2. The molecule has 1 aromatic carbocycles. The monoisotopic (exact) mass is 302 g/mol. The fourth-order valence-electron chi connectivity index (χ4n) is 2.30. The molecule has 0 fully saturated rings. The summed E-state index contributed by atoms with van der Waals surface area (Å²) in [7, 11) is 0. The summed E-state index contributed by atoms with van der Waals surface area (Å²) in [6.07, 6.45) is -2.93. The predicted octanol–water partition coefficient (Wildman–Crippen LogP) is 3.37. The van der Waals surface area contributed by atoms with E-state index in [2.05, 4.69) is 10.1 Å². The fourth-order valence-corrected chi connectivity index (χ4v) is 2.30. The number of hydrogen-bond donors (Lipinski definition) is 0.